The molecule has 2 rings (SSSR count). The van der Waals surface area contributed by atoms with E-state index >= 15 is 0 Å². The summed E-state index contributed by atoms with van der Waals surface area (Å²) in [5, 5.41) is 8.93. The Kier molecular flexibility index (Phi) is 4.97. The Morgan fingerprint density at radius 3 is 2.85 bits per heavy atom. The molecular formula is C13H17FN4OS. The van der Waals surface area contributed by atoms with Crippen molar-refractivity contribution in [2.75, 3.05) is 7.11 Å². The van der Waals surface area contributed by atoms with Crippen molar-refractivity contribution >= 4 is 11.8 Å². The van der Waals surface area contributed by atoms with Crippen molar-refractivity contribution in [1.82, 2.24) is 14.8 Å². The molecule has 2 N–H and O–H groups in total. The highest BCUT2D eigenvalue weighted by Gasteiger charge is 2.12. The Labute approximate surface area is 121 Å². The van der Waals surface area contributed by atoms with Crippen LogP contribution in [0.3, 0.4) is 0 Å². The molecule has 1 heterocycles. The minimum Gasteiger partial charge on any atom is -0.496 e. The maximum Gasteiger partial charge on any atom is 0.191 e. The van der Waals surface area contributed by atoms with Crippen LogP contribution in [-0.2, 0) is 18.8 Å². The van der Waals surface area contributed by atoms with Gasteiger partial charge in [0.25, 0.3) is 0 Å². The van der Waals surface area contributed by atoms with Gasteiger partial charge in [-0.15, -0.1) is 10.2 Å². The zero-order valence-electron chi connectivity index (χ0n) is 11.5. The second-order valence-corrected chi connectivity index (χ2v) is 5.03. The summed E-state index contributed by atoms with van der Waals surface area (Å²) in [6.07, 6.45) is 0. The zero-order valence-corrected chi connectivity index (χ0v) is 12.3. The van der Waals surface area contributed by atoms with Crippen LogP contribution in [0.5, 0.6) is 5.75 Å². The van der Waals surface area contributed by atoms with E-state index in [0.717, 1.165) is 23.1 Å². The molecule has 1 aromatic carbocycles. The number of aromatic nitrogens is 3. The van der Waals surface area contributed by atoms with Crippen molar-refractivity contribution in [2.45, 2.75) is 30.9 Å². The molecule has 0 bridgehead atoms. The predicted molar refractivity (Wildman–Crippen MR) is 76.1 cm³/mol. The number of hydrogen-bond acceptors (Lipinski definition) is 5. The number of halogens is 1. The number of hydrogen-bond donors (Lipinski definition) is 1. The van der Waals surface area contributed by atoms with Crippen LogP contribution in [0.1, 0.15) is 18.3 Å². The zero-order chi connectivity index (χ0) is 14.5. The van der Waals surface area contributed by atoms with E-state index < -0.39 is 0 Å². The van der Waals surface area contributed by atoms with Crippen LogP contribution in [-0.4, -0.2) is 21.9 Å². The van der Waals surface area contributed by atoms with E-state index in [2.05, 4.69) is 10.2 Å². The monoisotopic (exact) mass is 296 g/mol. The predicted octanol–water partition coefficient (Wildman–Crippen LogP) is 2.20. The quantitative estimate of drug-likeness (QED) is 0.828. The third-order valence-corrected chi connectivity index (χ3v) is 3.91. The molecule has 0 saturated carbocycles. The average molecular weight is 296 g/mol. The van der Waals surface area contributed by atoms with Crippen LogP contribution in [0.15, 0.2) is 23.4 Å². The van der Waals surface area contributed by atoms with Crippen molar-refractivity contribution in [3.63, 3.8) is 0 Å². The molecule has 0 amide bonds. The molecule has 20 heavy (non-hydrogen) atoms. The number of benzene rings is 1. The van der Waals surface area contributed by atoms with E-state index in [0.29, 0.717) is 18.0 Å². The normalized spacial score (nSPS) is 10.8. The van der Waals surface area contributed by atoms with Gasteiger partial charge in [0.2, 0.25) is 0 Å². The van der Waals surface area contributed by atoms with Crippen molar-refractivity contribution in [3.05, 3.63) is 35.4 Å². The summed E-state index contributed by atoms with van der Waals surface area (Å²) < 4.78 is 20.5. The first-order valence-electron chi connectivity index (χ1n) is 6.27. The number of thioether (sulfide) groups is 1. The summed E-state index contributed by atoms with van der Waals surface area (Å²) >= 11 is 1.49. The van der Waals surface area contributed by atoms with Crippen molar-refractivity contribution in [1.29, 1.82) is 0 Å². The van der Waals surface area contributed by atoms with E-state index in [1.54, 1.807) is 13.2 Å². The summed E-state index contributed by atoms with van der Waals surface area (Å²) in [5.74, 6) is 1.70. The van der Waals surface area contributed by atoms with Gasteiger partial charge in [-0.05, 0) is 25.1 Å². The van der Waals surface area contributed by atoms with Gasteiger partial charge < -0.3 is 15.0 Å². The van der Waals surface area contributed by atoms with E-state index in [1.165, 1.54) is 23.9 Å². The Morgan fingerprint density at radius 1 is 1.40 bits per heavy atom. The molecule has 1 aromatic heterocycles. The number of methoxy groups -OCH3 is 1. The fourth-order valence-corrected chi connectivity index (χ4v) is 2.90. The third kappa shape index (κ3) is 3.10. The molecule has 108 valence electrons. The van der Waals surface area contributed by atoms with Gasteiger partial charge in [-0.3, -0.25) is 0 Å². The number of nitrogens with zero attached hydrogens (tertiary/aromatic N) is 3. The van der Waals surface area contributed by atoms with Gasteiger partial charge in [0, 0.05) is 17.9 Å². The van der Waals surface area contributed by atoms with Crippen LogP contribution in [0.4, 0.5) is 4.39 Å². The minimum absolute atomic E-state index is 0.277. The van der Waals surface area contributed by atoms with Crippen molar-refractivity contribution in [3.8, 4) is 5.75 Å². The van der Waals surface area contributed by atoms with Gasteiger partial charge in [-0.25, -0.2) is 4.39 Å². The summed E-state index contributed by atoms with van der Waals surface area (Å²) in [6.45, 7) is 3.11. The maximum absolute atomic E-state index is 13.3. The summed E-state index contributed by atoms with van der Waals surface area (Å²) in [6, 6.07) is 4.48. The molecule has 5 nitrogen and oxygen atoms in total. The smallest absolute Gasteiger partial charge is 0.191 e. The van der Waals surface area contributed by atoms with Crippen LogP contribution < -0.4 is 10.5 Å². The Balaban J connectivity index is 2.16. The van der Waals surface area contributed by atoms with E-state index in [1.807, 2.05) is 11.5 Å². The van der Waals surface area contributed by atoms with Gasteiger partial charge in [0.1, 0.15) is 17.4 Å². The molecule has 0 aliphatic rings. The van der Waals surface area contributed by atoms with Crippen molar-refractivity contribution < 1.29 is 9.13 Å². The van der Waals surface area contributed by atoms with Crippen LogP contribution in [0, 0.1) is 5.82 Å². The Morgan fingerprint density at radius 2 is 2.20 bits per heavy atom. The summed E-state index contributed by atoms with van der Waals surface area (Å²) in [4.78, 5) is 0. The van der Waals surface area contributed by atoms with Gasteiger partial charge in [-0.1, -0.05) is 11.8 Å². The van der Waals surface area contributed by atoms with E-state index in [9.17, 15) is 4.39 Å². The van der Waals surface area contributed by atoms with Crippen molar-refractivity contribution in [2.24, 2.45) is 5.73 Å². The number of ether oxygens (including phenoxy) is 1. The SMILES string of the molecule is CCn1c(CN)nnc1SCc1cc(F)ccc1OC. The first kappa shape index (κ1) is 14.8. The second-order valence-electron chi connectivity index (χ2n) is 4.09. The second kappa shape index (κ2) is 6.71. The van der Waals surface area contributed by atoms with Crippen LogP contribution in [0.2, 0.25) is 0 Å². The van der Waals surface area contributed by atoms with E-state index in [-0.39, 0.29) is 5.82 Å². The standard InChI is InChI=1S/C13H17FN4OS/c1-3-18-12(7-15)16-17-13(18)20-8-9-6-10(14)4-5-11(9)19-2/h4-6H,3,7-8,15H2,1-2H3. The average Bonchev–Trinajstić information content (AvgIpc) is 2.87. The topological polar surface area (TPSA) is 66.0 Å². The highest BCUT2D eigenvalue weighted by Crippen LogP contribution is 2.28. The lowest BCUT2D eigenvalue weighted by Crippen LogP contribution is -2.08. The molecule has 0 aliphatic carbocycles. The lowest BCUT2D eigenvalue weighted by atomic mass is 10.2. The molecule has 0 atom stereocenters. The lowest BCUT2D eigenvalue weighted by Gasteiger charge is -2.09. The minimum atomic E-state index is -0.277. The Bertz CT molecular complexity index is 588. The molecule has 0 spiro atoms. The molecular weight excluding hydrogens is 279 g/mol. The highest BCUT2D eigenvalue weighted by molar-refractivity contribution is 7.98. The molecule has 7 heteroatoms. The number of rotatable bonds is 6. The highest BCUT2D eigenvalue weighted by atomic mass is 32.2. The fourth-order valence-electron chi connectivity index (χ4n) is 1.90. The van der Waals surface area contributed by atoms with Crippen LogP contribution >= 0.6 is 11.8 Å². The first-order chi connectivity index (χ1) is 9.69. The van der Waals surface area contributed by atoms with E-state index in [4.69, 9.17) is 10.5 Å². The summed E-state index contributed by atoms with van der Waals surface area (Å²) in [5.41, 5.74) is 6.40. The largest absolute Gasteiger partial charge is 0.496 e. The van der Waals surface area contributed by atoms with Gasteiger partial charge in [0.15, 0.2) is 5.16 Å². The number of nitrogens with two attached hydrogens (primary N) is 1. The molecule has 0 radical (unpaired) electrons. The molecule has 0 aliphatic heterocycles. The van der Waals surface area contributed by atoms with Gasteiger partial charge in [-0.2, -0.15) is 0 Å². The lowest BCUT2D eigenvalue weighted by molar-refractivity contribution is 0.410. The molecule has 0 saturated heterocycles. The first-order valence-corrected chi connectivity index (χ1v) is 7.25. The molecule has 0 fully saturated rings. The van der Waals surface area contributed by atoms with Gasteiger partial charge >= 0.3 is 0 Å². The van der Waals surface area contributed by atoms with Gasteiger partial charge in [0.05, 0.1) is 13.7 Å². The molecule has 0 unspecified atom stereocenters. The fraction of sp³-hybridized carbons (Fsp3) is 0.385. The molecule has 2 aromatic rings. The van der Waals surface area contributed by atoms with Crippen LogP contribution in [0.25, 0.3) is 0 Å². The maximum atomic E-state index is 13.3. The Hall–Kier alpha value is -1.60. The third-order valence-electron chi connectivity index (χ3n) is 2.89. The summed E-state index contributed by atoms with van der Waals surface area (Å²) in [7, 11) is 1.57.